The zero-order valence-electron chi connectivity index (χ0n) is 21.4. The van der Waals surface area contributed by atoms with E-state index in [0.29, 0.717) is 22.5 Å². The van der Waals surface area contributed by atoms with Gasteiger partial charge in [0.05, 0.1) is 22.5 Å². The van der Waals surface area contributed by atoms with Gasteiger partial charge >= 0.3 is 0 Å². The Balaban J connectivity index is 1.50. The van der Waals surface area contributed by atoms with Gasteiger partial charge in [0.1, 0.15) is 5.82 Å². The summed E-state index contributed by atoms with van der Waals surface area (Å²) < 4.78 is 15.2. The van der Waals surface area contributed by atoms with Crippen LogP contribution in [0.25, 0.3) is 11.3 Å². The van der Waals surface area contributed by atoms with Crippen LogP contribution in [0.5, 0.6) is 0 Å². The van der Waals surface area contributed by atoms with Gasteiger partial charge < -0.3 is 20.9 Å². The highest BCUT2D eigenvalue weighted by Gasteiger charge is 2.30. The predicted octanol–water partition coefficient (Wildman–Crippen LogP) is 4.84. The Morgan fingerprint density at radius 3 is 2.47 bits per heavy atom. The molecule has 1 fully saturated rings. The number of amides is 2. The van der Waals surface area contributed by atoms with Crippen molar-refractivity contribution in [3.63, 3.8) is 0 Å². The van der Waals surface area contributed by atoms with E-state index in [0.717, 1.165) is 42.6 Å². The second-order valence-corrected chi connectivity index (χ2v) is 9.86. The average molecular weight is 509 g/mol. The van der Waals surface area contributed by atoms with E-state index in [1.54, 1.807) is 0 Å². The quantitative estimate of drug-likeness (QED) is 0.329. The van der Waals surface area contributed by atoms with Crippen LogP contribution in [0.4, 0.5) is 15.8 Å². The lowest BCUT2D eigenvalue weighted by Gasteiger charge is -2.25. The minimum absolute atomic E-state index is 0.0553. The number of carbonyl (C=O) groups is 2. The molecular weight excluding hydrogens is 479 g/mol. The third-order valence-corrected chi connectivity index (χ3v) is 6.64. The van der Waals surface area contributed by atoms with E-state index >= 15 is 4.39 Å². The standard InChI is InChI=1S/C31H29FN4O2/c1-36(2)19-20-11-14-24(15-12-20)34-30(21-7-4-3-5-8-21)29-25-18-26(32)22(17-27(25)35-31(29)38)13-16-28(37)33-23-9-6-10-23/h3-5,7-8,11-12,14-15,17-18,23,34H,6,9-10,19H2,1-2H3,(H,33,37)(H,35,38)/b30-29-. The molecule has 0 spiro atoms. The summed E-state index contributed by atoms with van der Waals surface area (Å²) in [6.07, 6.45) is 2.98. The van der Waals surface area contributed by atoms with Crippen LogP contribution in [0.3, 0.4) is 0 Å². The number of rotatable bonds is 6. The zero-order chi connectivity index (χ0) is 26.6. The number of nitrogens with zero attached hydrogens (tertiary/aromatic N) is 1. The SMILES string of the molecule is CN(C)Cc1ccc(N/C(=C2\C(=O)Nc3cc(C#CC(=O)NC4CCC4)c(F)cc32)c2ccccc2)cc1. The van der Waals surface area contributed by atoms with Crippen molar-refractivity contribution in [1.82, 2.24) is 10.2 Å². The molecule has 1 heterocycles. The maximum Gasteiger partial charge on any atom is 0.296 e. The maximum absolute atomic E-state index is 15.2. The molecule has 0 bridgehead atoms. The molecule has 5 rings (SSSR count). The van der Waals surface area contributed by atoms with Gasteiger partial charge in [-0.1, -0.05) is 48.4 Å². The summed E-state index contributed by atoms with van der Waals surface area (Å²) in [5.41, 5.74) is 4.61. The largest absolute Gasteiger partial charge is 0.354 e. The lowest BCUT2D eigenvalue weighted by molar-refractivity contribution is -0.116. The Bertz CT molecular complexity index is 1460. The number of anilines is 2. The Labute approximate surface area is 221 Å². The lowest BCUT2D eigenvalue weighted by atomic mass is 9.93. The summed E-state index contributed by atoms with van der Waals surface area (Å²) in [4.78, 5) is 27.4. The van der Waals surface area contributed by atoms with Gasteiger partial charge in [-0.15, -0.1) is 0 Å². The highest BCUT2D eigenvalue weighted by atomic mass is 19.1. The van der Waals surface area contributed by atoms with Gasteiger partial charge in [-0.25, -0.2) is 4.39 Å². The summed E-state index contributed by atoms with van der Waals surface area (Å²) in [6, 6.07) is 20.4. The van der Waals surface area contributed by atoms with Crippen molar-refractivity contribution in [2.45, 2.75) is 31.8 Å². The first-order chi connectivity index (χ1) is 18.4. The molecule has 0 atom stereocenters. The van der Waals surface area contributed by atoms with E-state index in [4.69, 9.17) is 0 Å². The van der Waals surface area contributed by atoms with Crippen LogP contribution in [0.1, 0.15) is 41.5 Å². The van der Waals surface area contributed by atoms with Gasteiger partial charge in [0.2, 0.25) is 0 Å². The number of hydrogen-bond acceptors (Lipinski definition) is 4. The molecule has 0 unspecified atom stereocenters. The fourth-order valence-electron chi connectivity index (χ4n) is 4.52. The fraction of sp³-hybridized carbons (Fsp3) is 0.226. The molecule has 3 aromatic carbocycles. The van der Waals surface area contributed by atoms with Crippen LogP contribution in [-0.2, 0) is 16.1 Å². The van der Waals surface area contributed by atoms with Crippen molar-refractivity contribution < 1.29 is 14.0 Å². The molecule has 2 aliphatic rings. The monoisotopic (exact) mass is 508 g/mol. The van der Waals surface area contributed by atoms with Gasteiger partial charge in [0.15, 0.2) is 0 Å². The predicted molar refractivity (Wildman–Crippen MR) is 148 cm³/mol. The Hall–Kier alpha value is -4.41. The van der Waals surface area contributed by atoms with Crippen molar-refractivity contribution >= 4 is 34.5 Å². The van der Waals surface area contributed by atoms with Gasteiger partial charge in [-0.05, 0) is 68.8 Å². The molecule has 3 aromatic rings. The number of nitrogens with one attached hydrogen (secondary N) is 3. The van der Waals surface area contributed by atoms with E-state index in [1.165, 1.54) is 12.1 Å². The third-order valence-electron chi connectivity index (χ3n) is 6.64. The van der Waals surface area contributed by atoms with E-state index in [-0.39, 0.29) is 17.5 Å². The van der Waals surface area contributed by atoms with Crippen LogP contribution in [0.15, 0.2) is 66.7 Å². The molecule has 1 aliphatic heterocycles. The zero-order valence-corrected chi connectivity index (χ0v) is 21.4. The molecule has 2 amide bonds. The van der Waals surface area contributed by atoms with Crippen molar-refractivity contribution in [2.75, 3.05) is 24.7 Å². The Morgan fingerprint density at radius 2 is 1.82 bits per heavy atom. The summed E-state index contributed by atoms with van der Waals surface area (Å²) in [5.74, 6) is 3.73. The first-order valence-electron chi connectivity index (χ1n) is 12.7. The number of halogens is 1. The summed E-state index contributed by atoms with van der Waals surface area (Å²) >= 11 is 0. The van der Waals surface area contributed by atoms with Gasteiger partial charge in [0.25, 0.3) is 11.8 Å². The Kier molecular flexibility index (Phi) is 7.25. The topological polar surface area (TPSA) is 73.5 Å². The molecule has 192 valence electrons. The van der Waals surface area contributed by atoms with Crippen LogP contribution >= 0.6 is 0 Å². The van der Waals surface area contributed by atoms with Crippen molar-refractivity contribution in [2.24, 2.45) is 0 Å². The summed E-state index contributed by atoms with van der Waals surface area (Å²) in [7, 11) is 4.03. The van der Waals surface area contributed by atoms with Crippen molar-refractivity contribution in [1.29, 1.82) is 0 Å². The number of hydrogen-bond donors (Lipinski definition) is 3. The molecule has 1 saturated carbocycles. The third kappa shape index (κ3) is 5.61. The second kappa shape index (κ2) is 10.9. The van der Waals surface area contributed by atoms with E-state index in [2.05, 4.69) is 32.7 Å². The highest BCUT2D eigenvalue weighted by Crippen LogP contribution is 2.38. The smallest absolute Gasteiger partial charge is 0.296 e. The van der Waals surface area contributed by atoms with E-state index in [9.17, 15) is 9.59 Å². The number of carbonyl (C=O) groups excluding carboxylic acids is 2. The van der Waals surface area contributed by atoms with Crippen LogP contribution < -0.4 is 16.0 Å². The first kappa shape index (κ1) is 25.2. The van der Waals surface area contributed by atoms with Gasteiger partial charge in [-0.3, -0.25) is 9.59 Å². The number of fused-ring (bicyclic) bond motifs is 1. The molecule has 3 N–H and O–H groups in total. The van der Waals surface area contributed by atoms with E-state index in [1.807, 2.05) is 68.7 Å². The van der Waals surface area contributed by atoms with Crippen LogP contribution in [0.2, 0.25) is 0 Å². The highest BCUT2D eigenvalue weighted by molar-refractivity contribution is 6.37. The van der Waals surface area contributed by atoms with Crippen molar-refractivity contribution in [3.05, 3.63) is 94.8 Å². The molecule has 1 aliphatic carbocycles. The molecule has 7 heteroatoms. The molecule has 38 heavy (non-hydrogen) atoms. The maximum atomic E-state index is 15.2. The molecular formula is C31H29FN4O2. The average Bonchev–Trinajstić information content (AvgIpc) is 3.18. The summed E-state index contributed by atoms with van der Waals surface area (Å²) in [5, 5.41) is 9.06. The van der Waals surface area contributed by atoms with Crippen LogP contribution in [0, 0.1) is 17.7 Å². The van der Waals surface area contributed by atoms with E-state index < -0.39 is 11.7 Å². The van der Waals surface area contributed by atoms with Gasteiger partial charge in [0, 0.05) is 29.8 Å². The Morgan fingerprint density at radius 1 is 1.08 bits per heavy atom. The minimum Gasteiger partial charge on any atom is -0.354 e. The van der Waals surface area contributed by atoms with Crippen molar-refractivity contribution in [3.8, 4) is 11.8 Å². The fourth-order valence-corrected chi connectivity index (χ4v) is 4.52. The normalized spacial score (nSPS) is 15.6. The molecule has 0 radical (unpaired) electrons. The first-order valence-corrected chi connectivity index (χ1v) is 12.7. The molecule has 0 saturated heterocycles. The van der Waals surface area contributed by atoms with Gasteiger partial charge in [-0.2, -0.15) is 0 Å². The number of benzene rings is 3. The lowest BCUT2D eigenvalue weighted by Crippen LogP contribution is -2.38. The van der Waals surface area contributed by atoms with Crippen LogP contribution in [-0.4, -0.2) is 36.9 Å². The summed E-state index contributed by atoms with van der Waals surface area (Å²) in [6.45, 7) is 0.815. The molecule has 6 nitrogen and oxygen atoms in total. The minimum atomic E-state index is -0.595. The molecule has 0 aromatic heterocycles. The second-order valence-electron chi connectivity index (χ2n) is 9.86.